The summed E-state index contributed by atoms with van der Waals surface area (Å²) < 4.78 is 28.6. The molecule has 1 saturated carbocycles. The lowest BCUT2D eigenvalue weighted by atomic mass is 10.1. The lowest BCUT2D eigenvalue weighted by molar-refractivity contribution is -0.133. The maximum absolute atomic E-state index is 12.5. The van der Waals surface area contributed by atoms with Crippen molar-refractivity contribution in [3.05, 3.63) is 0 Å². The number of rotatable bonds is 6. The van der Waals surface area contributed by atoms with Crippen LogP contribution in [0.2, 0.25) is 0 Å². The standard InChI is InChI=1S/C15H26N2O4S/c1-16(14-5-7-22(19,20)11-14)15(18)9-17(13-2-3-13)8-12-4-6-21-10-12/h12-14H,2-11H2,1H3/t12-,14-/m0/s1. The van der Waals surface area contributed by atoms with Crippen LogP contribution in [0.25, 0.3) is 0 Å². The zero-order valence-corrected chi connectivity index (χ0v) is 14.1. The van der Waals surface area contributed by atoms with E-state index in [-0.39, 0.29) is 23.5 Å². The molecule has 0 spiro atoms. The van der Waals surface area contributed by atoms with E-state index in [1.807, 2.05) is 0 Å². The number of hydrogen-bond donors (Lipinski definition) is 0. The van der Waals surface area contributed by atoms with Crippen LogP contribution in [0.5, 0.6) is 0 Å². The van der Waals surface area contributed by atoms with E-state index in [1.54, 1.807) is 11.9 Å². The Morgan fingerprint density at radius 3 is 2.50 bits per heavy atom. The fraction of sp³-hybridized carbons (Fsp3) is 0.933. The van der Waals surface area contributed by atoms with Crippen LogP contribution in [0.3, 0.4) is 0 Å². The van der Waals surface area contributed by atoms with Gasteiger partial charge in [0.1, 0.15) is 0 Å². The second kappa shape index (κ2) is 6.45. The first-order valence-electron chi connectivity index (χ1n) is 8.22. The van der Waals surface area contributed by atoms with E-state index < -0.39 is 9.84 Å². The quantitative estimate of drug-likeness (QED) is 0.693. The van der Waals surface area contributed by atoms with Crippen LogP contribution in [-0.2, 0) is 19.4 Å². The van der Waals surface area contributed by atoms with E-state index in [1.165, 1.54) is 12.8 Å². The summed E-state index contributed by atoms with van der Waals surface area (Å²) in [6.45, 7) is 2.96. The van der Waals surface area contributed by atoms with Gasteiger partial charge in [0.25, 0.3) is 0 Å². The van der Waals surface area contributed by atoms with Crippen molar-refractivity contribution in [1.29, 1.82) is 0 Å². The molecule has 3 fully saturated rings. The lowest BCUT2D eigenvalue weighted by Gasteiger charge is -2.29. The molecule has 0 bridgehead atoms. The van der Waals surface area contributed by atoms with Gasteiger partial charge < -0.3 is 9.64 Å². The first-order chi connectivity index (χ1) is 10.4. The number of hydrogen-bond acceptors (Lipinski definition) is 5. The van der Waals surface area contributed by atoms with E-state index in [9.17, 15) is 13.2 Å². The summed E-state index contributed by atoms with van der Waals surface area (Å²) in [7, 11) is -1.20. The Balaban J connectivity index is 1.54. The zero-order chi connectivity index (χ0) is 15.7. The van der Waals surface area contributed by atoms with Crippen molar-refractivity contribution in [1.82, 2.24) is 9.80 Å². The minimum atomic E-state index is -2.95. The highest BCUT2D eigenvalue weighted by atomic mass is 32.2. The van der Waals surface area contributed by atoms with Crippen LogP contribution in [-0.4, -0.2) is 81.1 Å². The van der Waals surface area contributed by atoms with E-state index in [0.29, 0.717) is 24.9 Å². The molecule has 22 heavy (non-hydrogen) atoms. The molecule has 2 heterocycles. The maximum Gasteiger partial charge on any atom is 0.236 e. The first-order valence-corrected chi connectivity index (χ1v) is 10.0. The lowest BCUT2D eigenvalue weighted by Crippen LogP contribution is -2.45. The molecule has 0 aromatic heterocycles. The summed E-state index contributed by atoms with van der Waals surface area (Å²) in [5.74, 6) is 0.911. The highest BCUT2D eigenvalue weighted by Gasteiger charge is 2.36. The third-order valence-corrected chi connectivity index (χ3v) is 6.82. The van der Waals surface area contributed by atoms with Crippen LogP contribution < -0.4 is 0 Å². The Labute approximate surface area is 132 Å². The molecule has 0 radical (unpaired) electrons. The number of nitrogens with zero attached hydrogens (tertiary/aromatic N) is 2. The molecule has 0 aromatic rings. The van der Waals surface area contributed by atoms with Crippen molar-refractivity contribution in [2.75, 3.05) is 44.9 Å². The number of carbonyl (C=O) groups excluding carboxylic acids is 1. The Hall–Kier alpha value is -0.660. The van der Waals surface area contributed by atoms with Crippen molar-refractivity contribution in [3.63, 3.8) is 0 Å². The summed E-state index contributed by atoms with van der Waals surface area (Å²) >= 11 is 0. The van der Waals surface area contributed by atoms with Gasteiger partial charge in [-0.15, -0.1) is 0 Å². The zero-order valence-electron chi connectivity index (χ0n) is 13.2. The monoisotopic (exact) mass is 330 g/mol. The van der Waals surface area contributed by atoms with E-state index in [0.717, 1.165) is 26.2 Å². The van der Waals surface area contributed by atoms with Crippen LogP contribution in [0.4, 0.5) is 0 Å². The summed E-state index contributed by atoms with van der Waals surface area (Å²) in [6, 6.07) is 0.388. The van der Waals surface area contributed by atoms with Gasteiger partial charge in [-0.05, 0) is 31.6 Å². The third-order valence-electron chi connectivity index (χ3n) is 5.07. The highest BCUT2D eigenvalue weighted by molar-refractivity contribution is 7.91. The SMILES string of the molecule is CN(C(=O)CN(C[C@@H]1CCOC1)C1CC1)[C@H]1CCS(=O)(=O)C1. The smallest absolute Gasteiger partial charge is 0.236 e. The molecule has 2 aliphatic heterocycles. The average molecular weight is 330 g/mol. The van der Waals surface area contributed by atoms with Crippen molar-refractivity contribution < 1.29 is 17.9 Å². The van der Waals surface area contributed by atoms with Crippen molar-refractivity contribution in [2.24, 2.45) is 5.92 Å². The maximum atomic E-state index is 12.5. The van der Waals surface area contributed by atoms with Gasteiger partial charge in [-0.1, -0.05) is 0 Å². The fourth-order valence-electron chi connectivity index (χ4n) is 3.41. The molecular weight excluding hydrogens is 304 g/mol. The second-order valence-corrected chi connectivity index (χ2v) is 9.18. The van der Waals surface area contributed by atoms with Gasteiger partial charge in [0.2, 0.25) is 5.91 Å². The highest BCUT2D eigenvalue weighted by Crippen LogP contribution is 2.29. The molecule has 3 aliphatic rings. The van der Waals surface area contributed by atoms with Crippen molar-refractivity contribution in [3.8, 4) is 0 Å². The van der Waals surface area contributed by atoms with Gasteiger partial charge in [-0.25, -0.2) is 8.42 Å². The normalized spacial score (nSPS) is 30.8. The van der Waals surface area contributed by atoms with Gasteiger partial charge >= 0.3 is 0 Å². The van der Waals surface area contributed by atoms with Gasteiger partial charge in [-0.2, -0.15) is 0 Å². The number of ether oxygens (including phenoxy) is 1. The van der Waals surface area contributed by atoms with Crippen molar-refractivity contribution >= 4 is 15.7 Å². The number of likely N-dealkylation sites (N-methyl/N-ethyl adjacent to an activating group) is 1. The Bertz CT molecular complexity index is 512. The van der Waals surface area contributed by atoms with Gasteiger partial charge in [0.15, 0.2) is 9.84 Å². The largest absolute Gasteiger partial charge is 0.381 e. The topological polar surface area (TPSA) is 66.9 Å². The molecule has 126 valence electrons. The van der Waals surface area contributed by atoms with Gasteiger partial charge in [-0.3, -0.25) is 9.69 Å². The minimum absolute atomic E-state index is 0.0490. The summed E-state index contributed by atoms with van der Waals surface area (Å²) in [6.07, 6.45) is 3.99. The van der Waals surface area contributed by atoms with Gasteiger partial charge in [0.05, 0.1) is 24.7 Å². The fourth-order valence-corrected chi connectivity index (χ4v) is 5.19. The number of carbonyl (C=O) groups is 1. The molecule has 1 aliphatic carbocycles. The number of amides is 1. The predicted octanol–water partition coefficient (Wildman–Crippen LogP) is 0.133. The molecule has 7 heteroatoms. The van der Waals surface area contributed by atoms with E-state index in [4.69, 9.17) is 4.74 Å². The second-order valence-electron chi connectivity index (χ2n) is 6.95. The molecule has 2 saturated heterocycles. The molecular formula is C15H26N2O4S. The Morgan fingerprint density at radius 2 is 1.95 bits per heavy atom. The molecule has 1 amide bonds. The van der Waals surface area contributed by atoms with Crippen LogP contribution in [0, 0.1) is 5.92 Å². The van der Waals surface area contributed by atoms with Crippen LogP contribution in [0.15, 0.2) is 0 Å². The molecule has 3 rings (SSSR count). The number of sulfone groups is 1. The van der Waals surface area contributed by atoms with Crippen molar-refractivity contribution in [2.45, 2.75) is 37.8 Å². The molecule has 0 unspecified atom stereocenters. The molecule has 0 N–H and O–H groups in total. The summed E-state index contributed by atoms with van der Waals surface area (Å²) in [5.41, 5.74) is 0. The minimum Gasteiger partial charge on any atom is -0.381 e. The Morgan fingerprint density at radius 1 is 1.18 bits per heavy atom. The predicted molar refractivity (Wildman–Crippen MR) is 83.3 cm³/mol. The van der Waals surface area contributed by atoms with E-state index in [2.05, 4.69) is 4.90 Å². The Kier molecular flexibility index (Phi) is 4.75. The third kappa shape index (κ3) is 4.00. The summed E-state index contributed by atoms with van der Waals surface area (Å²) in [4.78, 5) is 16.5. The van der Waals surface area contributed by atoms with Gasteiger partial charge in [0, 0.05) is 32.3 Å². The van der Waals surface area contributed by atoms with E-state index >= 15 is 0 Å². The summed E-state index contributed by atoms with van der Waals surface area (Å²) in [5, 5.41) is 0. The molecule has 2 atom stereocenters. The molecule has 0 aromatic carbocycles. The van der Waals surface area contributed by atoms with Crippen LogP contribution in [0.1, 0.15) is 25.7 Å². The molecule has 6 nitrogen and oxygen atoms in total. The van der Waals surface area contributed by atoms with Crippen LogP contribution >= 0.6 is 0 Å². The first kappa shape index (κ1) is 16.2. The average Bonchev–Trinajstić information content (AvgIpc) is 3.08.